The Morgan fingerprint density at radius 1 is 1.40 bits per heavy atom. The van der Waals surface area contributed by atoms with E-state index in [0.29, 0.717) is 12.1 Å². The minimum absolute atomic E-state index is 0.178. The molecule has 2 aromatic heterocycles. The van der Waals surface area contributed by atoms with Crippen molar-refractivity contribution in [3.63, 3.8) is 0 Å². The number of fused-ring (bicyclic) bond motifs is 1. The quantitative estimate of drug-likeness (QED) is 0.867. The van der Waals surface area contributed by atoms with E-state index in [1.54, 1.807) is 22.9 Å². The standard InChI is InChI=1S/C14H17N3O3/c1-9(2)7-10(14(19)20)16-13(18)11-8-17-6-4-3-5-12(17)15-11/h3-6,8-10H,7H2,1-2H3,(H,16,18)(H,19,20)/t10-/m1/s1. The van der Waals surface area contributed by atoms with Gasteiger partial charge in [-0.15, -0.1) is 0 Å². The van der Waals surface area contributed by atoms with E-state index >= 15 is 0 Å². The predicted molar refractivity (Wildman–Crippen MR) is 73.5 cm³/mol. The number of hydrogen-bond donors (Lipinski definition) is 2. The summed E-state index contributed by atoms with van der Waals surface area (Å²) in [6.45, 7) is 3.82. The lowest BCUT2D eigenvalue weighted by molar-refractivity contribution is -0.139. The molecule has 0 saturated heterocycles. The van der Waals surface area contributed by atoms with Crippen LogP contribution in [-0.2, 0) is 4.79 Å². The number of hydrogen-bond acceptors (Lipinski definition) is 3. The van der Waals surface area contributed by atoms with Crippen molar-refractivity contribution in [2.24, 2.45) is 5.92 Å². The summed E-state index contributed by atoms with van der Waals surface area (Å²) in [6, 6.07) is 4.53. The third kappa shape index (κ3) is 3.14. The molecule has 0 bridgehead atoms. The highest BCUT2D eigenvalue weighted by Gasteiger charge is 2.22. The van der Waals surface area contributed by atoms with Crippen molar-refractivity contribution in [3.8, 4) is 0 Å². The number of imidazole rings is 1. The lowest BCUT2D eigenvalue weighted by Gasteiger charge is -2.15. The molecule has 0 aliphatic carbocycles. The number of rotatable bonds is 5. The SMILES string of the molecule is CC(C)C[C@@H](NC(=O)c1cn2ccccc2n1)C(=O)O. The fourth-order valence-corrected chi connectivity index (χ4v) is 1.97. The molecule has 2 N–H and O–H groups in total. The molecule has 0 radical (unpaired) electrons. The predicted octanol–water partition coefficient (Wildman–Crippen LogP) is 1.56. The van der Waals surface area contributed by atoms with Crippen LogP contribution < -0.4 is 5.32 Å². The average molecular weight is 275 g/mol. The monoisotopic (exact) mass is 275 g/mol. The second-order valence-corrected chi connectivity index (χ2v) is 5.09. The molecule has 2 rings (SSSR count). The number of carbonyl (C=O) groups excluding carboxylic acids is 1. The maximum absolute atomic E-state index is 12.1. The Hall–Kier alpha value is -2.37. The third-order valence-electron chi connectivity index (χ3n) is 2.91. The molecule has 2 aromatic rings. The van der Waals surface area contributed by atoms with Crippen LogP contribution in [0.5, 0.6) is 0 Å². The Bertz CT molecular complexity index is 600. The van der Waals surface area contributed by atoms with E-state index in [1.165, 1.54) is 0 Å². The second kappa shape index (κ2) is 5.73. The van der Waals surface area contributed by atoms with Crippen LogP contribution in [0.1, 0.15) is 30.8 Å². The van der Waals surface area contributed by atoms with Gasteiger partial charge < -0.3 is 14.8 Å². The van der Waals surface area contributed by atoms with Gasteiger partial charge in [-0.3, -0.25) is 4.79 Å². The third-order valence-corrected chi connectivity index (χ3v) is 2.91. The molecule has 0 aromatic carbocycles. The minimum Gasteiger partial charge on any atom is -0.480 e. The van der Waals surface area contributed by atoms with Crippen molar-refractivity contribution in [1.29, 1.82) is 0 Å². The number of carboxylic acid groups (broad SMARTS) is 1. The van der Waals surface area contributed by atoms with Crippen LogP contribution in [0.2, 0.25) is 0 Å². The number of carboxylic acids is 1. The number of nitrogens with zero attached hydrogens (tertiary/aromatic N) is 2. The number of amides is 1. The van der Waals surface area contributed by atoms with Crippen molar-refractivity contribution in [2.75, 3.05) is 0 Å². The van der Waals surface area contributed by atoms with E-state index in [1.807, 2.05) is 26.0 Å². The van der Waals surface area contributed by atoms with E-state index in [9.17, 15) is 9.59 Å². The van der Waals surface area contributed by atoms with Gasteiger partial charge in [0.15, 0.2) is 0 Å². The number of pyridine rings is 1. The number of aromatic nitrogens is 2. The van der Waals surface area contributed by atoms with Gasteiger partial charge in [0.1, 0.15) is 17.4 Å². The Labute approximate surface area is 116 Å². The van der Waals surface area contributed by atoms with Gasteiger partial charge in [0.2, 0.25) is 0 Å². The fraction of sp³-hybridized carbons (Fsp3) is 0.357. The zero-order chi connectivity index (χ0) is 14.7. The second-order valence-electron chi connectivity index (χ2n) is 5.09. The first-order valence-corrected chi connectivity index (χ1v) is 6.44. The molecule has 1 amide bonds. The topological polar surface area (TPSA) is 83.7 Å². The summed E-state index contributed by atoms with van der Waals surface area (Å²) < 4.78 is 1.72. The van der Waals surface area contributed by atoms with Crippen LogP contribution in [0.4, 0.5) is 0 Å². The first-order chi connectivity index (χ1) is 9.47. The minimum atomic E-state index is -1.03. The summed E-state index contributed by atoms with van der Waals surface area (Å²) in [5, 5.41) is 11.6. The van der Waals surface area contributed by atoms with Crippen LogP contribution in [0, 0.1) is 5.92 Å². The molecule has 0 spiro atoms. The van der Waals surface area contributed by atoms with Gasteiger partial charge >= 0.3 is 5.97 Å². The zero-order valence-corrected chi connectivity index (χ0v) is 11.4. The molecule has 0 saturated carbocycles. The van der Waals surface area contributed by atoms with E-state index in [4.69, 9.17) is 5.11 Å². The maximum Gasteiger partial charge on any atom is 0.326 e. The van der Waals surface area contributed by atoms with E-state index in [2.05, 4.69) is 10.3 Å². The van der Waals surface area contributed by atoms with Gasteiger partial charge in [-0.25, -0.2) is 9.78 Å². The molecule has 0 unspecified atom stereocenters. The molecule has 6 heteroatoms. The molecular weight excluding hydrogens is 258 g/mol. The van der Waals surface area contributed by atoms with Gasteiger partial charge in [-0.2, -0.15) is 0 Å². The van der Waals surface area contributed by atoms with Crippen molar-refractivity contribution >= 4 is 17.5 Å². The highest BCUT2D eigenvalue weighted by Crippen LogP contribution is 2.08. The Morgan fingerprint density at radius 3 is 2.75 bits per heavy atom. The van der Waals surface area contributed by atoms with Crippen LogP contribution in [0.15, 0.2) is 30.6 Å². The van der Waals surface area contributed by atoms with E-state index in [-0.39, 0.29) is 11.6 Å². The Morgan fingerprint density at radius 2 is 2.15 bits per heavy atom. The molecule has 6 nitrogen and oxygen atoms in total. The molecule has 20 heavy (non-hydrogen) atoms. The van der Waals surface area contributed by atoms with Crippen LogP contribution >= 0.6 is 0 Å². The fourth-order valence-electron chi connectivity index (χ4n) is 1.97. The van der Waals surface area contributed by atoms with Gasteiger partial charge in [-0.1, -0.05) is 19.9 Å². The van der Waals surface area contributed by atoms with Gasteiger partial charge in [0, 0.05) is 12.4 Å². The van der Waals surface area contributed by atoms with Gasteiger partial charge in [0.25, 0.3) is 5.91 Å². The largest absolute Gasteiger partial charge is 0.480 e. The summed E-state index contributed by atoms with van der Waals surface area (Å²) in [5.41, 5.74) is 0.861. The summed E-state index contributed by atoms with van der Waals surface area (Å²) >= 11 is 0. The molecule has 0 aliphatic rings. The Kier molecular flexibility index (Phi) is 4.02. The van der Waals surface area contributed by atoms with Crippen molar-refractivity contribution in [2.45, 2.75) is 26.3 Å². The summed E-state index contributed by atoms with van der Waals surface area (Å²) in [6.07, 6.45) is 3.75. The zero-order valence-electron chi connectivity index (χ0n) is 11.4. The Balaban J connectivity index is 2.15. The average Bonchev–Trinajstić information content (AvgIpc) is 2.81. The molecular formula is C14H17N3O3. The normalized spacial score (nSPS) is 12.6. The lowest BCUT2D eigenvalue weighted by atomic mass is 10.0. The maximum atomic E-state index is 12.1. The van der Waals surface area contributed by atoms with Crippen molar-refractivity contribution in [3.05, 3.63) is 36.3 Å². The van der Waals surface area contributed by atoms with Crippen molar-refractivity contribution < 1.29 is 14.7 Å². The van der Waals surface area contributed by atoms with Crippen molar-refractivity contribution in [1.82, 2.24) is 14.7 Å². The number of aliphatic carboxylic acids is 1. The first kappa shape index (κ1) is 14.0. The molecule has 106 valence electrons. The smallest absolute Gasteiger partial charge is 0.326 e. The summed E-state index contributed by atoms with van der Waals surface area (Å²) in [4.78, 5) is 27.4. The van der Waals surface area contributed by atoms with E-state index in [0.717, 1.165) is 0 Å². The van der Waals surface area contributed by atoms with Crippen LogP contribution in [-0.4, -0.2) is 32.4 Å². The highest BCUT2D eigenvalue weighted by atomic mass is 16.4. The summed E-state index contributed by atoms with van der Waals surface area (Å²) in [7, 11) is 0. The summed E-state index contributed by atoms with van der Waals surface area (Å²) in [5.74, 6) is -1.32. The molecule has 1 atom stereocenters. The molecule has 0 fully saturated rings. The first-order valence-electron chi connectivity index (χ1n) is 6.44. The van der Waals surface area contributed by atoms with Gasteiger partial charge in [-0.05, 0) is 24.5 Å². The molecule has 2 heterocycles. The van der Waals surface area contributed by atoms with E-state index < -0.39 is 17.9 Å². The number of carbonyl (C=O) groups is 2. The number of nitrogens with one attached hydrogen (secondary N) is 1. The van der Waals surface area contributed by atoms with Crippen LogP contribution in [0.25, 0.3) is 5.65 Å². The molecule has 0 aliphatic heterocycles. The lowest BCUT2D eigenvalue weighted by Crippen LogP contribution is -2.41. The highest BCUT2D eigenvalue weighted by molar-refractivity contribution is 5.95. The van der Waals surface area contributed by atoms with Gasteiger partial charge in [0.05, 0.1) is 0 Å². The van der Waals surface area contributed by atoms with Crippen LogP contribution in [0.3, 0.4) is 0 Å².